The largest absolute Gasteiger partial charge is 0.490 e. The molecule has 124 valence electrons. The van der Waals surface area contributed by atoms with Gasteiger partial charge in [-0.2, -0.15) is 0 Å². The molecule has 0 saturated heterocycles. The van der Waals surface area contributed by atoms with Crippen molar-refractivity contribution in [2.75, 3.05) is 18.5 Å². The molecule has 2 N–H and O–H groups in total. The van der Waals surface area contributed by atoms with Crippen LogP contribution in [0.1, 0.15) is 5.56 Å². The molecule has 2 aromatic rings. The molecule has 24 heavy (non-hydrogen) atoms. The van der Waals surface area contributed by atoms with Crippen LogP contribution in [0, 0.1) is 0 Å². The van der Waals surface area contributed by atoms with Crippen LogP contribution in [-0.2, 0) is 16.0 Å². The minimum Gasteiger partial charge on any atom is -0.490 e. The van der Waals surface area contributed by atoms with Crippen molar-refractivity contribution in [1.82, 2.24) is 5.32 Å². The van der Waals surface area contributed by atoms with Crippen molar-refractivity contribution >= 4 is 17.5 Å². The Balaban J connectivity index is 1.76. The SMILES string of the molecule is C=CCOc1ccc(NC(=O)C(=O)NCCc2ccccc2)cc1. The van der Waals surface area contributed by atoms with Gasteiger partial charge in [-0.25, -0.2) is 0 Å². The summed E-state index contributed by atoms with van der Waals surface area (Å²) in [5.74, 6) is -0.680. The van der Waals surface area contributed by atoms with Crippen molar-refractivity contribution in [3.8, 4) is 5.75 Å². The van der Waals surface area contributed by atoms with E-state index in [1.807, 2.05) is 30.3 Å². The second-order valence-electron chi connectivity index (χ2n) is 5.07. The van der Waals surface area contributed by atoms with E-state index in [0.717, 1.165) is 5.56 Å². The first-order valence-corrected chi connectivity index (χ1v) is 7.66. The van der Waals surface area contributed by atoms with Gasteiger partial charge in [0, 0.05) is 12.2 Å². The molecule has 0 saturated carbocycles. The first-order valence-electron chi connectivity index (χ1n) is 7.66. The molecule has 0 unspecified atom stereocenters. The second kappa shape index (κ2) is 9.15. The highest BCUT2D eigenvalue weighted by atomic mass is 16.5. The third-order valence-electron chi connectivity index (χ3n) is 3.23. The normalized spacial score (nSPS) is 9.83. The Morgan fingerprint density at radius 1 is 1.00 bits per heavy atom. The van der Waals surface area contributed by atoms with Crippen molar-refractivity contribution in [3.05, 3.63) is 72.8 Å². The number of amides is 2. The molecule has 0 fully saturated rings. The molecule has 0 bridgehead atoms. The Hall–Kier alpha value is -3.08. The summed E-state index contributed by atoms with van der Waals surface area (Å²) < 4.78 is 5.35. The summed E-state index contributed by atoms with van der Waals surface area (Å²) in [7, 11) is 0. The summed E-state index contributed by atoms with van der Waals surface area (Å²) in [6, 6.07) is 16.5. The number of ether oxygens (including phenoxy) is 1. The van der Waals surface area contributed by atoms with Crippen LogP contribution >= 0.6 is 0 Å². The van der Waals surface area contributed by atoms with Gasteiger partial charge < -0.3 is 15.4 Å². The van der Waals surface area contributed by atoms with Gasteiger partial charge in [-0.1, -0.05) is 43.0 Å². The monoisotopic (exact) mass is 324 g/mol. The summed E-state index contributed by atoms with van der Waals surface area (Å²) in [4.78, 5) is 23.6. The molecule has 0 heterocycles. The minimum atomic E-state index is -0.692. The summed E-state index contributed by atoms with van der Waals surface area (Å²) in [6.45, 7) is 4.39. The van der Waals surface area contributed by atoms with Gasteiger partial charge in [-0.05, 0) is 36.2 Å². The number of carbonyl (C=O) groups excluding carboxylic acids is 2. The summed E-state index contributed by atoms with van der Waals surface area (Å²) in [5, 5.41) is 5.15. The van der Waals surface area contributed by atoms with Gasteiger partial charge in [-0.3, -0.25) is 9.59 Å². The van der Waals surface area contributed by atoms with Crippen molar-refractivity contribution in [1.29, 1.82) is 0 Å². The maximum Gasteiger partial charge on any atom is 0.313 e. The molecule has 0 aromatic heterocycles. The van der Waals surface area contributed by atoms with Gasteiger partial charge in [0.05, 0.1) is 0 Å². The average molecular weight is 324 g/mol. The van der Waals surface area contributed by atoms with Gasteiger partial charge in [-0.15, -0.1) is 0 Å². The quantitative estimate of drug-likeness (QED) is 0.607. The molecule has 0 spiro atoms. The van der Waals surface area contributed by atoms with E-state index in [9.17, 15) is 9.59 Å². The van der Waals surface area contributed by atoms with E-state index in [1.165, 1.54) is 0 Å². The van der Waals surface area contributed by atoms with Crippen LogP contribution in [0.15, 0.2) is 67.3 Å². The first kappa shape index (κ1) is 17.3. The van der Waals surface area contributed by atoms with E-state index in [2.05, 4.69) is 17.2 Å². The van der Waals surface area contributed by atoms with Crippen molar-refractivity contribution < 1.29 is 14.3 Å². The highest BCUT2D eigenvalue weighted by Crippen LogP contribution is 2.15. The minimum absolute atomic E-state index is 0.407. The van der Waals surface area contributed by atoms with Gasteiger partial charge in [0.25, 0.3) is 0 Å². The molecule has 0 aliphatic heterocycles. The van der Waals surface area contributed by atoms with Crippen LogP contribution < -0.4 is 15.4 Å². The molecular formula is C19H20N2O3. The van der Waals surface area contributed by atoms with Gasteiger partial charge in [0.2, 0.25) is 0 Å². The number of anilines is 1. The topological polar surface area (TPSA) is 67.4 Å². The number of carbonyl (C=O) groups is 2. The lowest BCUT2D eigenvalue weighted by atomic mass is 10.1. The van der Waals surface area contributed by atoms with E-state index in [1.54, 1.807) is 30.3 Å². The fourth-order valence-corrected chi connectivity index (χ4v) is 2.02. The zero-order valence-corrected chi connectivity index (χ0v) is 13.3. The lowest BCUT2D eigenvalue weighted by Crippen LogP contribution is -2.36. The van der Waals surface area contributed by atoms with Gasteiger partial charge in [0.1, 0.15) is 12.4 Å². The standard InChI is InChI=1S/C19H20N2O3/c1-2-14-24-17-10-8-16(9-11-17)21-19(23)18(22)20-13-12-15-6-4-3-5-7-15/h2-11H,1,12-14H2,(H,20,22)(H,21,23). The summed E-state index contributed by atoms with van der Waals surface area (Å²) in [5.41, 5.74) is 1.64. The zero-order chi connectivity index (χ0) is 17.2. The highest BCUT2D eigenvalue weighted by molar-refractivity contribution is 6.39. The van der Waals surface area contributed by atoms with Crippen LogP contribution in [0.3, 0.4) is 0 Å². The molecule has 5 heteroatoms. The van der Waals surface area contributed by atoms with E-state index in [-0.39, 0.29) is 0 Å². The molecule has 0 aliphatic carbocycles. The van der Waals surface area contributed by atoms with E-state index < -0.39 is 11.8 Å². The highest BCUT2D eigenvalue weighted by Gasteiger charge is 2.13. The summed E-state index contributed by atoms with van der Waals surface area (Å²) >= 11 is 0. The molecule has 5 nitrogen and oxygen atoms in total. The Bertz CT molecular complexity index is 682. The molecular weight excluding hydrogens is 304 g/mol. The number of hydrogen-bond donors (Lipinski definition) is 2. The van der Waals surface area contributed by atoms with E-state index in [4.69, 9.17) is 4.74 Å². The third kappa shape index (κ3) is 5.61. The maximum atomic E-state index is 11.8. The second-order valence-corrected chi connectivity index (χ2v) is 5.07. The van der Waals surface area contributed by atoms with Crippen molar-refractivity contribution in [2.45, 2.75) is 6.42 Å². The summed E-state index contributed by atoms with van der Waals surface area (Å²) in [6.07, 6.45) is 2.32. The average Bonchev–Trinajstić information content (AvgIpc) is 2.62. The van der Waals surface area contributed by atoms with Gasteiger partial charge >= 0.3 is 11.8 Å². The lowest BCUT2D eigenvalue weighted by Gasteiger charge is -2.08. The Kier molecular flexibility index (Phi) is 6.58. The van der Waals surface area contributed by atoms with Gasteiger partial charge in [0.15, 0.2) is 0 Å². The predicted molar refractivity (Wildman–Crippen MR) is 93.9 cm³/mol. The number of hydrogen-bond acceptors (Lipinski definition) is 3. The molecule has 0 radical (unpaired) electrons. The van der Waals surface area contributed by atoms with Crippen LogP contribution in [0.5, 0.6) is 5.75 Å². The first-order chi connectivity index (χ1) is 11.7. The van der Waals surface area contributed by atoms with Crippen LogP contribution in [-0.4, -0.2) is 25.0 Å². The maximum absolute atomic E-state index is 11.8. The molecule has 0 atom stereocenters. The van der Waals surface area contributed by atoms with Crippen molar-refractivity contribution in [2.24, 2.45) is 0 Å². The Labute approximate surface area is 141 Å². The number of rotatable bonds is 7. The fourth-order valence-electron chi connectivity index (χ4n) is 2.02. The number of benzene rings is 2. The number of nitrogens with one attached hydrogen (secondary N) is 2. The fraction of sp³-hybridized carbons (Fsp3) is 0.158. The third-order valence-corrected chi connectivity index (χ3v) is 3.23. The predicted octanol–water partition coefficient (Wildman–Crippen LogP) is 2.55. The van der Waals surface area contributed by atoms with Crippen LogP contribution in [0.2, 0.25) is 0 Å². The lowest BCUT2D eigenvalue weighted by molar-refractivity contribution is -0.136. The van der Waals surface area contributed by atoms with Crippen LogP contribution in [0.25, 0.3) is 0 Å². The van der Waals surface area contributed by atoms with Crippen LogP contribution in [0.4, 0.5) is 5.69 Å². The van der Waals surface area contributed by atoms with E-state index >= 15 is 0 Å². The smallest absolute Gasteiger partial charge is 0.313 e. The molecule has 2 aromatic carbocycles. The van der Waals surface area contributed by atoms with E-state index in [0.29, 0.717) is 31.0 Å². The molecule has 2 rings (SSSR count). The molecule has 0 aliphatic rings. The Morgan fingerprint density at radius 2 is 1.71 bits per heavy atom. The molecule has 2 amide bonds. The zero-order valence-electron chi connectivity index (χ0n) is 13.3. The van der Waals surface area contributed by atoms with Crippen molar-refractivity contribution in [3.63, 3.8) is 0 Å². The Morgan fingerprint density at radius 3 is 2.38 bits per heavy atom.